The summed E-state index contributed by atoms with van der Waals surface area (Å²) in [6.45, 7) is 4.87. The molecular formula is C16H19FN2O2S. The van der Waals surface area contributed by atoms with Gasteiger partial charge in [-0.1, -0.05) is 0 Å². The van der Waals surface area contributed by atoms with Crippen LogP contribution in [0.1, 0.15) is 33.2 Å². The van der Waals surface area contributed by atoms with Crippen molar-refractivity contribution in [3.05, 3.63) is 45.7 Å². The van der Waals surface area contributed by atoms with Crippen molar-refractivity contribution in [3.63, 3.8) is 0 Å². The van der Waals surface area contributed by atoms with Gasteiger partial charge in [-0.2, -0.15) is 0 Å². The molecule has 0 radical (unpaired) electrons. The molecule has 6 heteroatoms. The maximum atomic E-state index is 12.7. The van der Waals surface area contributed by atoms with Crippen molar-refractivity contribution in [2.45, 2.75) is 26.7 Å². The first-order valence-corrected chi connectivity index (χ1v) is 7.98. The van der Waals surface area contributed by atoms with Crippen molar-refractivity contribution in [1.29, 1.82) is 0 Å². The lowest BCUT2D eigenvalue weighted by Gasteiger charge is -2.07. The number of nitrogens with one attached hydrogen (secondary N) is 1. The monoisotopic (exact) mass is 322 g/mol. The number of aromatic nitrogens is 1. The molecule has 22 heavy (non-hydrogen) atoms. The zero-order chi connectivity index (χ0) is 15.9. The summed E-state index contributed by atoms with van der Waals surface area (Å²) in [6, 6.07) is 5.95. The number of carbonyl (C=O) groups excluding carboxylic acids is 1. The van der Waals surface area contributed by atoms with Crippen molar-refractivity contribution in [1.82, 2.24) is 10.3 Å². The first-order chi connectivity index (χ1) is 10.6. The number of unbranched alkanes of at least 4 members (excludes halogenated alkanes) is 1. The van der Waals surface area contributed by atoms with Crippen LogP contribution in [-0.2, 0) is 0 Å². The summed E-state index contributed by atoms with van der Waals surface area (Å²) >= 11 is 1.41. The Bertz CT molecular complexity index is 626. The summed E-state index contributed by atoms with van der Waals surface area (Å²) in [7, 11) is 0. The van der Waals surface area contributed by atoms with E-state index in [1.807, 2.05) is 13.8 Å². The Kier molecular flexibility index (Phi) is 5.89. The van der Waals surface area contributed by atoms with E-state index in [1.165, 1.54) is 23.5 Å². The van der Waals surface area contributed by atoms with Crippen LogP contribution in [0, 0.1) is 19.7 Å². The van der Waals surface area contributed by atoms with Gasteiger partial charge in [-0.05, 0) is 51.0 Å². The molecule has 0 aliphatic rings. The van der Waals surface area contributed by atoms with Gasteiger partial charge in [-0.15, -0.1) is 11.3 Å². The molecule has 1 amide bonds. The second-order valence-electron chi connectivity index (χ2n) is 4.91. The third-order valence-corrected chi connectivity index (χ3v) is 4.12. The van der Waals surface area contributed by atoms with E-state index in [9.17, 15) is 9.18 Å². The fraction of sp³-hybridized carbons (Fsp3) is 0.375. The van der Waals surface area contributed by atoms with E-state index in [0.29, 0.717) is 23.8 Å². The van der Waals surface area contributed by atoms with Crippen LogP contribution in [-0.4, -0.2) is 24.0 Å². The molecule has 0 aliphatic heterocycles. The summed E-state index contributed by atoms with van der Waals surface area (Å²) < 4.78 is 18.2. The highest BCUT2D eigenvalue weighted by Gasteiger charge is 2.12. The lowest BCUT2D eigenvalue weighted by atomic mass is 10.3. The normalized spacial score (nSPS) is 10.5. The molecule has 0 fully saturated rings. The van der Waals surface area contributed by atoms with E-state index in [4.69, 9.17) is 4.74 Å². The van der Waals surface area contributed by atoms with Gasteiger partial charge in [0.25, 0.3) is 5.91 Å². The number of hydrogen-bond donors (Lipinski definition) is 1. The largest absolute Gasteiger partial charge is 0.494 e. The molecule has 2 aromatic rings. The summed E-state index contributed by atoms with van der Waals surface area (Å²) in [6.07, 6.45) is 1.64. The quantitative estimate of drug-likeness (QED) is 0.794. The maximum Gasteiger partial charge on any atom is 0.263 e. The van der Waals surface area contributed by atoms with Gasteiger partial charge in [0.05, 0.1) is 17.3 Å². The Labute approximate surface area is 133 Å². The van der Waals surface area contributed by atoms with Gasteiger partial charge in [0, 0.05) is 6.54 Å². The molecule has 0 saturated carbocycles. The van der Waals surface area contributed by atoms with Gasteiger partial charge in [0.1, 0.15) is 16.4 Å². The highest BCUT2D eigenvalue weighted by Crippen LogP contribution is 2.16. The lowest BCUT2D eigenvalue weighted by molar-refractivity contribution is 0.0955. The van der Waals surface area contributed by atoms with Gasteiger partial charge in [0.2, 0.25) is 0 Å². The van der Waals surface area contributed by atoms with Crippen LogP contribution in [0.25, 0.3) is 0 Å². The first-order valence-electron chi connectivity index (χ1n) is 7.17. The molecule has 0 spiro atoms. The molecule has 1 N–H and O–H groups in total. The van der Waals surface area contributed by atoms with Crippen LogP contribution in [0.4, 0.5) is 4.39 Å². The Morgan fingerprint density at radius 2 is 2.00 bits per heavy atom. The molecule has 0 atom stereocenters. The topological polar surface area (TPSA) is 51.2 Å². The Hall–Kier alpha value is -1.95. The second-order valence-corrected chi connectivity index (χ2v) is 6.12. The van der Waals surface area contributed by atoms with Crippen molar-refractivity contribution < 1.29 is 13.9 Å². The van der Waals surface area contributed by atoms with Crippen LogP contribution < -0.4 is 10.1 Å². The van der Waals surface area contributed by atoms with Crippen LogP contribution in [0.5, 0.6) is 5.75 Å². The van der Waals surface area contributed by atoms with E-state index in [-0.39, 0.29) is 11.7 Å². The van der Waals surface area contributed by atoms with Gasteiger partial charge in [-0.3, -0.25) is 4.79 Å². The number of benzene rings is 1. The van der Waals surface area contributed by atoms with Gasteiger partial charge in [0.15, 0.2) is 0 Å². The van der Waals surface area contributed by atoms with E-state index in [2.05, 4.69) is 10.3 Å². The molecule has 2 rings (SSSR count). The van der Waals surface area contributed by atoms with Crippen molar-refractivity contribution in [3.8, 4) is 5.75 Å². The van der Waals surface area contributed by atoms with E-state index in [0.717, 1.165) is 23.5 Å². The van der Waals surface area contributed by atoms with Crippen LogP contribution in [0.3, 0.4) is 0 Å². The Morgan fingerprint density at radius 3 is 2.64 bits per heavy atom. The molecule has 0 bridgehead atoms. The van der Waals surface area contributed by atoms with Crippen molar-refractivity contribution in [2.24, 2.45) is 0 Å². The SMILES string of the molecule is Cc1nc(C)c(C(=O)NCCCCOc2ccc(F)cc2)s1. The smallest absolute Gasteiger partial charge is 0.263 e. The Balaban J connectivity index is 1.62. The van der Waals surface area contributed by atoms with Gasteiger partial charge >= 0.3 is 0 Å². The summed E-state index contributed by atoms with van der Waals surface area (Å²) in [5.41, 5.74) is 0.777. The fourth-order valence-electron chi connectivity index (χ4n) is 1.97. The molecule has 118 valence electrons. The maximum absolute atomic E-state index is 12.7. The van der Waals surface area contributed by atoms with Crippen LogP contribution >= 0.6 is 11.3 Å². The molecule has 0 saturated heterocycles. The fourth-order valence-corrected chi connectivity index (χ4v) is 2.81. The third kappa shape index (κ3) is 4.80. The van der Waals surface area contributed by atoms with Crippen LogP contribution in [0.2, 0.25) is 0 Å². The zero-order valence-electron chi connectivity index (χ0n) is 12.7. The number of amides is 1. The number of aryl methyl sites for hydroxylation is 2. The third-order valence-electron chi connectivity index (χ3n) is 3.05. The molecule has 1 aromatic heterocycles. The average Bonchev–Trinajstić information content (AvgIpc) is 2.83. The molecule has 1 heterocycles. The minimum Gasteiger partial charge on any atom is -0.494 e. The summed E-state index contributed by atoms with van der Waals surface area (Å²) in [5, 5.41) is 3.78. The van der Waals surface area contributed by atoms with Gasteiger partial charge < -0.3 is 10.1 Å². The summed E-state index contributed by atoms with van der Waals surface area (Å²) in [5.74, 6) is 0.312. The number of ether oxygens (including phenoxy) is 1. The number of thiazole rings is 1. The molecular weight excluding hydrogens is 303 g/mol. The van der Waals surface area contributed by atoms with E-state index in [1.54, 1.807) is 12.1 Å². The molecule has 0 unspecified atom stereocenters. The van der Waals surface area contributed by atoms with E-state index < -0.39 is 0 Å². The number of rotatable bonds is 7. The second kappa shape index (κ2) is 7.89. The highest BCUT2D eigenvalue weighted by atomic mass is 32.1. The van der Waals surface area contributed by atoms with Gasteiger partial charge in [-0.25, -0.2) is 9.37 Å². The molecule has 0 aliphatic carbocycles. The minimum absolute atomic E-state index is 0.0671. The van der Waals surface area contributed by atoms with E-state index >= 15 is 0 Å². The molecule has 4 nitrogen and oxygen atoms in total. The van der Waals surface area contributed by atoms with Crippen molar-refractivity contribution >= 4 is 17.2 Å². The predicted molar refractivity (Wildman–Crippen MR) is 85.1 cm³/mol. The zero-order valence-corrected chi connectivity index (χ0v) is 13.5. The molecule has 1 aromatic carbocycles. The first kappa shape index (κ1) is 16.4. The minimum atomic E-state index is -0.274. The van der Waals surface area contributed by atoms with Crippen LogP contribution in [0.15, 0.2) is 24.3 Å². The highest BCUT2D eigenvalue weighted by molar-refractivity contribution is 7.13. The number of hydrogen-bond acceptors (Lipinski definition) is 4. The summed E-state index contributed by atoms with van der Waals surface area (Å²) in [4.78, 5) is 16.9. The predicted octanol–water partition coefficient (Wildman–Crippen LogP) is 3.49. The number of carbonyl (C=O) groups is 1. The average molecular weight is 322 g/mol. The number of halogens is 1. The Morgan fingerprint density at radius 1 is 1.27 bits per heavy atom. The standard InChI is InChI=1S/C16H19FN2O2S/c1-11-15(22-12(2)19-11)16(20)18-9-3-4-10-21-14-7-5-13(17)6-8-14/h5-8H,3-4,9-10H2,1-2H3,(H,18,20). The number of nitrogens with zero attached hydrogens (tertiary/aromatic N) is 1. The van der Waals surface area contributed by atoms with Crippen molar-refractivity contribution in [2.75, 3.05) is 13.2 Å². The lowest BCUT2D eigenvalue weighted by Crippen LogP contribution is -2.24.